The smallest absolute Gasteiger partial charge is 0.200 e. The van der Waals surface area contributed by atoms with Crippen molar-refractivity contribution in [2.45, 2.75) is 83.0 Å². The Morgan fingerprint density at radius 2 is 0.439 bits per heavy atom. The maximum atomic E-state index is 12.1. The van der Waals surface area contributed by atoms with Crippen LogP contribution in [0.25, 0.3) is 0 Å². The van der Waals surface area contributed by atoms with Crippen molar-refractivity contribution in [1.29, 1.82) is 0 Å². The van der Waals surface area contributed by atoms with Gasteiger partial charge in [0.25, 0.3) is 0 Å². The van der Waals surface area contributed by atoms with E-state index in [-0.39, 0.29) is 162 Å². The first-order valence-electron chi connectivity index (χ1n) is 25.9. The van der Waals surface area contributed by atoms with Crippen LogP contribution < -0.4 is 0 Å². The second-order valence-corrected chi connectivity index (χ2v) is 20.6. The van der Waals surface area contributed by atoms with Crippen molar-refractivity contribution < 1.29 is 102 Å². The van der Waals surface area contributed by atoms with Gasteiger partial charge in [-0.2, -0.15) is 0 Å². The molecular formula is C62H62O20. The Balaban J connectivity index is 1.18. The molecule has 20 nitrogen and oxygen atoms in total. The quantitative estimate of drug-likeness (QED) is 0.0236. The Bertz CT molecular complexity index is 3610. The molecule has 0 spiro atoms. The largest absolute Gasteiger partial charge is 0.508 e. The molecule has 2 atom stereocenters. The predicted octanol–water partition coefficient (Wildman–Crippen LogP) is 8.76. The number of hydrogen-bond acceptors (Lipinski definition) is 20. The van der Waals surface area contributed by atoms with Crippen molar-refractivity contribution in [2.24, 2.45) is 5.92 Å². The number of hydrogen-bond donors (Lipinski definition) is 20. The van der Waals surface area contributed by atoms with Crippen LogP contribution in [-0.4, -0.2) is 102 Å². The van der Waals surface area contributed by atoms with E-state index >= 15 is 0 Å². The average Bonchev–Trinajstić information content (AvgIpc) is 3.46. The average molecular weight is 1130 g/mol. The molecule has 20 N–H and O–H groups in total. The second kappa shape index (κ2) is 24.0. The van der Waals surface area contributed by atoms with Gasteiger partial charge in [-0.05, 0) is 247 Å². The van der Waals surface area contributed by atoms with Gasteiger partial charge in [0.15, 0.2) is 69.0 Å². The van der Waals surface area contributed by atoms with Gasteiger partial charge < -0.3 is 102 Å². The minimum Gasteiger partial charge on any atom is -0.508 e. The molecule has 0 saturated carbocycles. The third-order valence-electron chi connectivity index (χ3n) is 15.0. The third kappa shape index (κ3) is 13.1. The second-order valence-electron chi connectivity index (χ2n) is 20.6. The third-order valence-corrected chi connectivity index (χ3v) is 15.0. The summed E-state index contributed by atoms with van der Waals surface area (Å²) in [7, 11) is 0. The first-order valence-corrected chi connectivity index (χ1v) is 25.9. The zero-order valence-electron chi connectivity index (χ0n) is 43.8. The van der Waals surface area contributed by atoms with Gasteiger partial charge in [-0.15, -0.1) is 0 Å². The fourth-order valence-electron chi connectivity index (χ4n) is 10.4. The number of phenolic OH excluding ortho intramolecular Hbond substituents is 20. The molecule has 8 aromatic rings. The van der Waals surface area contributed by atoms with E-state index < -0.39 is 80.8 Å². The summed E-state index contributed by atoms with van der Waals surface area (Å²) in [6, 6.07) is 20.5. The van der Waals surface area contributed by atoms with Crippen LogP contribution in [0.4, 0.5) is 0 Å². The molecule has 0 bridgehead atoms. The molecule has 0 aromatic heterocycles. The van der Waals surface area contributed by atoms with Crippen molar-refractivity contribution in [3.05, 3.63) is 164 Å². The Morgan fingerprint density at radius 1 is 0.207 bits per heavy atom. The Kier molecular flexibility index (Phi) is 17.0. The monoisotopic (exact) mass is 1130 g/mol. The maximum absolute atomic E-state index is 12.1. The summed E-state index contributed by atoms with van der Waals surface area (Å²) >= 11 is 0. The minimum absolute atomic E-state index is 0.00657. The molecule has 8 aromatic carbocycles. The van der Waals surface area contributed by atoms with Crippen LogP contribution in [0.15, 0.2) is 97.1 Å². The summed E-state index contributed by atoms with van der Waals surface area (Å²) in [5.41, 5.74) is 3.27. The molecule has 0 unspecified atom stereocenters. The highest BCUT2D eigenvalue weighted by Gasteiger charge is 2.31. The predicted molar refractivity (Wildman–Crippen MR) is 296 cm³/mol. The molecule has 0 saturated heterocycles. The first-order chi connectivity index (χ1) is 38.8. The Hall–Kier alpha value is -10.2. The van der Waals surface area contributed by atoms with Gasteiger partial charge in [-0.3, -0.25) is 0 Å². The lowest BCUT2D eigenvalue weighted by Crippen LogP contribution is -2.20. The number of benzene rings is 8. The number of phenols is 20. The van der Waals surface area contributed by atoms with Gasteiger partial charge >= 0.3 is 0 Å². The molecule has 0 heterocycles. The fraction of sp³-hybridized carbons (Fsp3) is 0.226. The molecule has 0 aliphatic carbocycles. The molecule has 0 amide bonds. The minimum atomic E-state index is -0.991. The van der Waals surface area contributed by atoms with Crippen molar-refractivity contribution in [3.63, 3.8) is 0 Å². The van der Waals surface area contributed by atoms with Gasteiger partial charge in [-0.25, -0.2) is 0 Å². The standard InChI is InChI=1S/C62H62O20/c63-43-22-38(44(64)21-34(43)5-1-29-11-51(71)59(79)52(72)12-29)10-9-33(19-39-26-45(65)35(23-47(39)67)6-2-30-13-53(73)60(80)54(74)14-30)41(42-28-49(69)37(25-50(42)70)8-4-32-17-57(77)62(82)58(78)18-32)20-40-27-46(66)36(24-48(40)68)7-3-31-15-55(75)61(81)56(76)16-31/h11-18,21-28,33,41,63-82H,1-10,19-20H2/t33-,41-/m1/s1. The Morgan fingerprint density at radius 3 is 0.744 bits per heavy atom. The zero-order chi connectivity index (χ0) is 59.4. The molecule has 430 valence electrons. The van der Waals surface area contributed by atoms with Gasteiger partial charge in [0, 0.05) is 5.56 Å². The molecule has 0 radical (unpaired) electrons. The molecule has 0 fully saturated rings. The van der Waals surface area contributed by atoms with E-state index in [1.54, 1.807) is 0 Å². The topological polar surface area (TPSA) is 405 Å². The number of aromatic hydroxyl groups is 20. The summed E-state index contributed by atoms with van der Waals surface area (Å²) in [4.78, 5) is 0. The van der Waals surface area contributed by atoms with E-state index in [2.05, 4.69) is 0 Å². The van der Waals surface area contributed by atoms with Crippen LogP contribution in [0.2, 0.25) is 0 Å². The first kappa shape index (κ1) is 57.9. The summed E-state index contributed by atoms with van der Waals surface area (Å²) in [5, 5.41) is 213. The van der Waals surface area contributed by atoms with E-state index in [0.717, 1.165) is 0 Å². The highest BCUT2D eigenvalue weighted by atomic mass is 16.3. The van der Waals surface area contributed by atoms with Crippen LogP contribution in [0.3, 0.4) is 0 Å². The van der Waals surface area contributed by atoms with Gasteiger partial charge in [0.1, 0.15) is 46.0 Å². The van der Waals surface area contributed by atoms with Crippen LogP contribution >= 0.6 is 0 Å². The normalized spacial score (nSPS) is 12.1. The van der Waals surface area contributed by atoms with Gasteiger partial charge in [0.2, 0.25) is 0 Å². The Labute approximate surface area is 468 Å². The van der Waals surface area contributed by atoms with E-state index in [1.165, 1.54) is 97.1 Å². The summed E-state index contributed by atoms with van der Waals surface area (Å²) in [6.07, 6.45) is 0.575. The molecule has 20 heteroatoms. The highest BCUT2D eigenvalue weighted by molar-refractivity contribution is 5.57. The van der Waals surface area contributed by atoms with Crippen molar-refractivity contribution in [3.8, 4) is 115 Å². The van der Waals surface area contributed by atoms with Crippen LogP contribution in [-0.2, 0) is 70.6 Å². The van der Waals surface area contributed by atoms with Crippen molar-refractivity contribution >= 4 is 0 Å². The number of aryl methyl sites for hydroxylation is 9. The van der Waals surface area contributed by atoms with E-state index in [4.69, 9.17) is 0 Å². The molecule has 0 aliphatic heterocycles. The molecule has 82 heavy (non-hydrogen) atoms. The van der Waals surface area contributed by atoms with Gasteiger partial charge in [0.05, 0.1) is 0 Å². The van der Waals surface area contributed by atoms with Crippen LogP contribution in [0, 0.1) is 5.92 Å². The van der Waals surface area contributed by atoms with Crippen molar-refractivity contribution in [2.75, 3.05) is 0 Å². The van der Waals surface area contributed by atoms with Crippen molar-refractivity contribution in [1.82, 2.24) is 0 Å². The van der Waals surface area contributed by atoms with Gasteiger partial charge in [-0.1, -0.05) is 0 Å². The number of rotatable bonds is 21. The van der Waals surface area contributed by atoms with E-state index in [1.807, 2.05) is 0 Å². The summed E-state index contributed by atoms with van der Waals surface area (Å²) in [6.45, 7) is 0. The van der Waals surface area contributed by atoms with E-state index in [9.17, 15) is 102 Å². The lowest BCUT2D eigenvalue weighted by Gasteiger charge is -2.30. The fourth-order valence-corrected chi connectivity index (χ4v) is 10.4. The van der Waals surface area contributed by atoms with Crippen LogP contribution in [0.1, 0.15) is 79.1 Å². The molecule has 8 rings (SSSR count). The van der Waals surface area contributed by atoms with Crippen LogP contribution in [0.5, 0.6) is 115 Å². The lowest BCUT2D eigenvalue weighted by atomic mass is 9.74. The summed E-state index contributed by atoms with van der Waals surface area (Å²) in [5.74, 6) is -11.4. The maximum Gasteiger partial charge on any atom is 0.200 e. The molecular weight excluding hydrogens is 1060 g/mol. The zero-order valence-corrected chi connectivity index (χ0v) is 43.8. The lowest BCUT2D eigenvalue weighted by molar-refractivity contribution is 0.356. The summed E-state index contributed by atoms with van der Waals surface area (Å²) < 4.78 is 0. The van der Waals surface area contributed by atoms with E-state index in [0.29, 0.717) is 27.8 Å². The SMILES string of the molecule is Oc1cc(CC[C@H](Cc2cc(O)c(CCc3cc(O)c(O)c(O)c3)cc2O)[C@@H](Cc2cc(O)c(CCc3cc(O)c(O)c(O)c3)cc2O)c2cc(O)c(CCc3cc(O)c(O)c(O)c3)cc2O)c(O)cc1CCc1cc(O)c(O)c(O)c1. The highest BCUT2D eigenvalue weighted by Crippen LogP contribution is 2.47. The molecule has 0 aliphatic rings.